The quantitative estimate of drug-likeness (QED) is 0.534. The second-order valence-electron chi connectivity index (χ2n) is 7.07. The maximum absolute atomic E-state index is 12.4. The Morgan fingerprint density at radius 1 is 1.15 bits per heavy atom. The lowest BCUT2D eigenvalue weighted by Gasteiger charge is -2.31. The first-order chi connectivity index (χ1) is 13.1. The van der Waals surface area contributed by atoms with Crippen molar-refractivity contribution in [3.8, 4) is 0 Å². The number of thioether (sulfide) groups is 1. The summed E-state index contributed by atoms with van der Waals surface area (Å²) in [5.74, 6) is 1.24. The van der Waals surface area contributed by atoms with Crippen LogP contribution in [0.2, 0.25) is 5.02 Å². The highest BCUT2D eigenvalue weighted by Crippen LogP contribution is 2.21. The first kappa shape index (κ1) is 20.2. The summed E-state index contributed by atoms with van der Waals surface area (Å²) in [7, 11) is 0. The van der Waals surface area contributed by atoms with Crippen LogP contribution in [-0.4, -0.2) is 36.2 Å². The van der Waals surface area contributed by atoms with Crippen molar-refractivity contribution in [2.24, 2.45) is 5.92 Å². The van der Waals surface area contributed by atoms with E-state index in [1.54, 1.807) is 11.8 Å². The standard InChI is InChI=1S/C22H27ClN2OS/c1-17-4-2-3-5-19(17)16-25-13-10-18(11-14-25)22(26)24-12-15-27-21-8-6-20(23)7-9-21/h2-9,18H,10-16H2,1H3,(H,24,26). The molecule has 0 spiro atoms. The maximum Gasteiger partial charge on any atom is 0.223 e. The lowest BCUT2D eigenvalue weighted by atomic mass is 9.95. The lowest BCUT2D eigenvalue weighted by molar-refractivity contribution is -0.126. The Bertz CT molecular complexity index is 742. The van der Waals surface area contributed by atoms with Gasteiger partial charge in [0.1, 0.15) is 0 Å². The van der Waals surface area contributed by atoms with Crippen LogP contribution in [0, 0.1) is 12.8 Å². The number of hydrogen-bond acceptors (Lipinski definition) is 3. The molecule has 3 rings (SSSR count). The number of likely N-dealkylation sites (tertiary alicyclic amines) is 1. The first-order valence-electron chi connectivity index (χ1n) is 9.55. The fourth-order valence-corrected chi connectivity index (χ4v) is 4.29. The summed E-state index contributed by atoms with van der Waals surface area (Å²) in [6, 6.07) is 16.4. The molecule has 0 atom stereocenters. The van der Waals surface area contributed by atoms with Gasteiger partial charge in [-0.3, -0.25) is 9.69 Å². The smallest absolute Gasteiger partial charge is 0.223 e. The van der Waals surface area contributed by atoms with Crippen molar-refractivity contribution < 1.29 is 4.79 Å². The molecule has 27 heavy (non-hydrogen) atoms. The van der Waals surface area contributed by atoms with Crippen LogP contribution >= 0.6 is 23.4 Å². The topological polar surface area (TPSA) is 32.3 Å². The van der Waals surface area contributed by atoms with E-state index in [2.05, 4.69) is 41.4 Å². The summed E-state index contributed by atoms with van der Waals surface area (Å²) in [5, 5.41) is 3.85. The molecule has 1 aliphatic heterocycles. The number of benzene rings is 2. The fraction of sp³-hybridized carbons (Fsp3) is 0.409. The fourth-order valence-electron chi connectivity index (χ4n) is 3.40. The van der Waals surface area contributed by atoms with Gasteiger partial charge in [-0.1, -0.05) is 35.9 Å². The normalized spacial score (nSPS) is 15.6. The second-order valence-corrected chi connectivity index (χ2v) is 8.68. The Kier molecular flexibility index (Phi) is 7.62. The van der Waals surface area contributed by atoms with Gasteiger partial charge < -0.3 is 5.32 Å². The van der Waals surface area contributed by atoms with Gasteiger partial charge in [-0.2, -0.15) is 0 Å². The van der Waals surface area contributed by atoms with Crippen molar-refractivity contribution >= 4 is 29.3 Å². The van der Waals surface area contributed by atoms with E-state index in [-0.39, 0.29) is 11.8 Å². The first-order valence-corrected chi connectivity index (χ1v) is 10.9. The Balaban J connectivity index is 1.34. The molecular formula is C22H27ClN2OS. The molecule has 1 aliphatic rings. The van der Waals surface area contributed by atoms with E-state index in [4.69, 9.17) is 11.6 Å². The molecule has 1 amide bonds. The van der Waals surface area contributed by atoms with Gasteiger partial charge in [0.2, 0.25) is 5.91 Å². The molecule has 2 aromatic rings. The van der Waals surface area contributed by atoms with E-state index in [0.717, 1.165) is 43.3 Å². The summed E-state index contributed by atoms with van der Waals surface area (Å²) in [5.41, 5.74) is 2.73. The van der Waals surface area contributed by atoms with E-state index in [0.29, 0.717) is 6.54 Å². The number of amides is 1. The molecule has 2 aromatic carbocycles. The molecule has 1 saturated heterocycles. The summed E-state index contributed by atoms with van der Waals surface area (Å²) in [4.78, 5) is 16.1. The van der Waals surface area contributed by atoms with E-state index in [9.17, 15) is 4.79 Å². The minimum Gasteiger partial charge on any atom is -0.355 e. The molecule has 0 radical (unpaired) electrons. The Morgan fingerprint density at radius 2 is 1.85 bits per heavy atom. The molecule has 0 bridgehead atoms. The zero-order chi connectivity index (χ0) is 19.1. The third-order valence-corrected chi connectivity index (χ3v) is 6.36. The molecular weight excluding hydrogens is 376 g/mol. The van der Waals surface area contributed by atoms with Gasteiger partial charge >= 0.3 is 0 Å². The minimum absolute atomic E-state index is 0.152. The monoisotopic (exact) mass is 402 g/mol. The van der Waals surface area contributed by atoms with Crippen LogP contribution in [0.4, 0.5) is 0 Å². The van der Waals surface area contributed by atoms with Crippen molar-refractivity contribution in [3.63, 3.8) is 0 Å². The number of aryl methyl sites for hydroxylation is 1. The predicted octanol–water partition coefficient (Wildman–Crippen LogP) is 4.77. The number of nitrogens with zero attached hydrogens (tertiary/aromatic N) is 1. The summed E-state index contributed by atoms with van der Waals surface area (Å²) in [6.07, 6.45) is 1.89. The van der Waals surface area contributed by atoms with Crippen LogP contribution in [0.25, 0.3) is 0 Å². The highest BCUT2D eigenvalue weighted by atomic mass is 35.5. The van der Waals surface area contributed by atoms with Crippen molar-refractivity contribution in [2.45, 2.75) is 31.2 Å². The number of halogens is 1. The highest BCUT2D eigenvalue weighted by molar-refractivity contribution is 7.99. The Labute approximate surface area is 171 Å². The van der Waals surface area contributed by atoms with Gasteiger partial charge in [-0.15, -0.1) is 11.8 Å². The Hall–Kier alpha value is -1.49. The number of nitrogens with one attached hydrogen (secondary N) is 1. The molecule has 0 unspecified atom stereocenters. The summed E-state index contributed by atoms with van der Waals surface area (Å²) < 4.78 is 0. The molecule has 144 valence electrons. The highest BCUT2D eigenvalue weighted by Gasteiger charge is 2.24. The van der Waals surface area contributed by atoms with E-state index in [1.807, 2.05) is 24.3 Å². The second kappa shape index (κ2) is 10.2. The van der Waals surface area contributed by atoms with Crippen LogP contribution in [0.3, 0.4) is 0 Å². The van der Waals surface area contributed by atoms with Gasteiger partial charge in [0.15, 0.2) is 0 Å². The molecule has 1 heterocycles. The summed E-state index contributed by atoms with van der Waals surface area (Å²) >= 11 is 7.63. The Morgan fingerprint density at radius 3 is 2.56 bits per heavy atom. The van der Waals surface area contributed by atoms with E-state index >= 15 is 0 Å². The predicted molar refractivity (Wildman–Crippen MR) is 114 cm³/mol. The van der Waals surface area contributed by atoms with E-state index in [1.165, 1.54) is 16.0 Å². The maximum atomic E-state index is 12.4. The number of hydrogen-bond donors (Lipinski definition) is 1. The zero-order valence-corrected chi connectivity index (χ0v) is 17.4. The number of carbonyl (C=O) groups is 1. The minimum atomic E-state index is 0.152. The van der Waals surface area contributed by atoms with Crippen LogP contribution in [0.1, 0.15) is 24.0 Å². The summed E-state index contributed by atoms with van der Waals surface area (Å²) in [6.45, 7) is 5.84. The molecule has 0 aromatic heterocycles. The van der Waals surface area contributed by atoms with Gasteiger partial charge in [0, 0.05) is 34.7 Å². The molecule has 1 N–H and O–H groups in total. The average molecular weight is 403 g/mol. The third kappa shape index (κ3) is 6.27. The number of piperidine rings is 1. The molecule has 1 fully saturated rings. The molecule has 5 heteroatoms. The van der Waals surface area contributed by atoms with Crippen LogP contribution in [0.5, 0.6) is 0 Å². The zero-order valence-electron chi connectivity index (χ0n) is 15.8. The van der Waals surface area contributed by atoms with Crippen molar-refractivity contribution in [1.82, 2.24) is 10.2 Å². The van der Waals surface area contributed by atoms with Gasteiger partial charge in [0.05, 0.1) is 0 Å². The SMILES string of the molecule is Cc1ccccc1CN1CCC(C(=O)NCCSc2ccc(Cl)cc2)CC1. The largest absolute Gasteiger partial charge is 0.355 e. The molecule has 0 aliphatic carbocycles. The third-order valence-electron chi connectivity index (χ3n) is 5.10. The van der Waals surface area contributed by atoms with Crippen LogP contribution in [-0.2, 0) is 11.3 Å². The van der Waals surface area contributed by atoms with Crippen molar-refractivity contribution in [2.75, 3.05) is 25.4 Å². The number of rotatable bonds is 7. The van der Waals surface area contributed by atoms with E-state index < -0.39 is 0 Å². The van der Waals surface area contributed by atoms with Gasteiger partial charge in [0.25, 0.3) is 0 Å². The van der Waals surface area contributed by atoms with Crippen molar-refractivity contribution in [1.29, 1.82) is 0 Å². The average Bonchev–Trinajstić information content (AvgIpc) is 2.69. The van der Waals surface area contributed by atoms with Crippen molar-refractivity contribution in [3.05, 3.63) is 64.7 Å². The number of carbonyl (C=O) groups excluding carboxylic acids is 1. The van der Waals surface area contributed by atoms with Gasteiger partial charge in [-0.25, -0.2) is 0 Å². The van der Waals surface area contributed by atoms with Gasteiger partial charge in [-0.05, 0) is 68.2 Å². The molecule has 3 nitrogen and oxygen atoms in total. The lowest BCUT2D eigenvalue weighted by Crippen LogP contribution is -2.40. The van der Waals surface area contributed by atoms with Crippen LogP contribution < -0.4 is 5.32 Å². The molecule has 0 saturated carbocycles. The van der Waals surface area contributed by atoms with Crippen LogP contribution in [0.15, 0.2) is 53.4 Å².